The highest BCUT2D eigenvalue weighted by molar-refractivity contribution is 5.79. The average Bonchev–Trinajstić information content (AvgIpc) is 2.70. The number of carboxylic acid groups (broad SMARTS) is 2. The molecule has 0 aromatic rings. The molecule has 8 heteroatoms. The van der Waals surface area contributed by atoms with Gasteiger partial charge in [-0.1, -0.05) is 41.5 Å². The monoisotopic (exact) mass is 456 g/mol. The van der Waals surface area contributed by atoms with Crippen LogP contribution in [0, 0.1) is 35.5 Å². The zero-order valence-corrected chi connectivity index (χ0v) is 21.0. The number of ketones is 1. The van der Waals surface area contributed by atoms with Crippen LogP contribution in [-0.4, -0.2) is 53.0 Å². The molecule has 0 aliphatic rings. The first-order chi connectivity index (χ1) is 14.7. The van der Waals surface area contributed by atoms with Crippen LogP contribution < -0.4 is 10.6 Å². The Balaban J connectivity index is 5.20. The summed E-state index contributed by atoms with van der Waals surface area (Å²) in [5.74, 6) is -3.38. The van der Waals surface area contributed by atoms with E-state index < -0.39 is 23.8 Å². The molecule has 0 aromatic carbocycles. The van der Waals surface area contributed by atoms with E-state index in [9.17, 15) is 29.4 Å². The van der Waals surface area contributed by atoms with E-state index >= 15 is 0 Å². The lowest BCUT2D eigenvalue weighted by Gasteiger charge is -2.31. The van der Waals surface area contributed by atoms with Crippen LogP contribution in [0.4, 0.5) is 0 Å². The molecule has 0 aliphatic heterocycles. The standard InChI is InChI=1S/C24H44N2O6/c1-13(19(7)27)9-15(3)21(12-18(6)24(31)32)26-22(28)16(4)10-14(2)20(25-8)11-17(5)23(29)30/h13-18,20-21,25H,9-12H2,1-8H3,(H,26,28)(H,29,30)(H,31,32). The molecule has 8 atom stereocenters. The molecular weight excluding hydrogens is 412 g/mol. The van der Waals surface area contributed by atoms with Crippen LogP contribution in [0.5, 0.6) is 0 Å². The third-order valence-electron chi connectivity index (χ3n) is 6.72. The maximum absolute atomic E-state index is 13.0. The Labute approximate surface area is 192 Å². The Bertz CT molecular complexity index is 638. The number of hydrogen-bond acceptors (Lipinski definition) is 5. The number of hydrogen-bond donors (Lipinski definition) is 4. The molecule has 0 aliphatic carbocycles. The van der Waals surface area contributed by atoms with Gasteiger partial charge in [0.25, 0.3) is 0 Å². The van der Waals surface area contributed by atoms with Crippen molar-refractivity contribution in [1.82, 2.24) is 10.6 Å². The SMILES string of the molecule is CNC(CC(C)C(=O)O)C(C)CC(C)C(=O)NC(CC(C)C(=O)O)C(C)CC(C)C(C)=O. The Morgan fingerprint density at radius 3 is 1.47 bits per heavy atom. The molecule has 0 saturated heterocycles. The second-order valence-corrected chi connectivity index (χ2v) is 9.80. The predicted octanol–water partition coefficient (Wildman–Crippen LogP) is 3.19. The zero-order chi connectivity index (χ0) is 25.2. The summed E-state index contributed by atoms with van der Waals surface area (Å²) in [4.78, 5) is 47.2. The Morgan fingerprint density at radius 1 is 0.656 bits per heavy atom. The van der Waals surface area contributed by atoms with Crippen molar-refractivity contribution in [1.29, 1.82) is 0 Å². The number of Topliss-reactive ketones (excluding diaryl/α,β-unsaturated/α-hetero) is 1. The summed E-state index contributed by atoms with van der Waals surface area (Å²) >= 11 is 0. The van der Waals surface area contributed by atoms with E-state index in [0.29, 0.717) is 25.7 Å². The molecule has 0 radical (unpaired) electrons. The first-order valence-corrected chi connectivity index (χ1v) is 11.6. The second kappa shape index (κ2) is 14.2. The quantitative estimate of drug-likeness (QED) is 0.280. The average molecular weight is 457 g/mol. The van der Waals surface area contributed by atoms with Crippen molar-refractivity contribution in [2.75, 3.05) is 7.05 Å². The number of nitrogens with one attached hydrogen (secondary N) is 2. The van der Waals surface area contributed by atoms with Gasteiger partial charge in [0.15, 0.2) is 0 Å². The van der Waals surface area contributed by atoms with E-state index in [1.54, 1.807) is 20.9 Å². The van der Waals surface area contributed by atoms with Crippen molar-refractivity contribution >= 4 is 23.6 Å². The highest BCUT2D eigenvalue weighted by Crippen LogP contribution is 2.24. The van der Waals surface area contributed by atoms with Crippen LogP contribution >= 0.6 is 0 Å². The molecule has 0 spiro atoms. The van der Waals surface area contributed by atoms with Gasteiger partial charge >= 0.3 is 11.9 Å². The molecular formula is C24H44N2O6. The molecule has 0 saturated carbocycles. The minimum Gasteiger partial charge on any atom is -0.481 e. The van der Waals surface area contributed by atoms with Gasteiger partial charge in [0.1, 0.15) is 5.78 Å². The number of carboxylic acids is 2. The molecule has 4 N–H and O–H groups in total. The van der Waals surface area contributed by atoms with Crippen LogP contribution in [0.3, 0.4) is 0 Å². The van der Waals surface area contributed by atoms with Crippen molar-refractivity contribution in [3.63, 3.8) is 0 Å². The lowest BCUT2D eigenvalue weighted by molar-refractivity contribution is -0.142. The molecule has 0 bridgehead atoms. The van der Waals surface area contributed by atoms with Crippen LogP contribution in [0.2, 0.25) is 0 Å². The predicted molar refractivity (Wildman–Crippen MR) is 124 cm³/mol. The van der Waals surface area contributed by atoms with Gasteiger partial charge in [-0.3, -0.25) is 19.2 Å². The molecule has 0 rings (SSSR count). The first-order valence-electron chi connectivity index (χ1n) is 11.6. The van der Waals surface area contributed by atoms with E-state index in [2.05, 4.69) is 10.6 Å². The molecule has 8 nitrogen and oxygen atoms in total. The number of rotatable bonds is 16. The van der Waals surface area contributed by atoms with Gasteiger partial charge in [0.05, 0.1) is 11.8 Å². The highest BCUT2D eigenvalue weighted by atomic mass is 16.4. The largest absolute Gasteiger partial charge is 0.481 e. The fraction of sp³-hybridized carbons (Fsp3) is 0.833. The summed E-state index contributed by atoms with van der Waals surface area (Å²) < 4.78 is 0. The minimum atomic E-state index is -0.915. The summed E-state index contributed by atoms with van der Waals surface area (Å²) in [7, 11) is 1.79. The highest BCUT2D eigenvalue weighted by Gasteiger charge is 2.30. The number of carbonyl (C=O) groups is 4. The van der Waals surface area contributed by atoms with E-state index in [0.717, 1.165) is 0 Å². The van der Waals surface area contributed by atoms with Crippen LogP contribution in [-0.2, 0) is 19.2 Å². The summed E-state index contributed by atoms with van der Waals surface area (Å²) in [5.41, 5.74) is 0. The zero-order valence-electron chi connectivity index (χ0n) is 21.0. The molecule has 0 heterocycles. The smallest absolute Gasteiger partial charge is 0.306 e. The number of amides is 1. The number of carbonyl (C=O) groups excluding carboxylic acids is 2. The van der Waals surface area contributed by atoms with Gasteiger partial charge in [0.2, 0.25) is 5.91 Å². The maximum atomic E-state index is 13.0. The summed E-state index contributed by atoms with van der Waals surface area (Å²) in [6.07, 6.45) is 1.92. The normalized spacial score (nSPS) is 19.0. The minimum absolute atomic E-state index is 0.0329. The van der Waals surface area contributed by atoms with Gasteiger partial charge in [-0.25, -0.2) is 0 Å². The van der Waals surface area contributed by atoms with E-state index in [1.165, 1.54) is 6.92 Å². The third kappa shape index (κ3) is 10.6. The van der Waals surface area contributed by atoms with Gasteiger partial charge in [-0.15, -0.1) is 0 Å². The molecule has 8 unspecified atom stereocenters. The van der Waals surface area contributed by atoms with Gasteiger partial charge < -0.3 is 20.8 Å². The molecule has 1 amide bonds. The van der Waals surface area contributed by atoms with E-state index in [4.69, 9.17) is 0 Å². The number of aliphatic carboxylic acids is 2. The van der Waals surface area contributed by atoms with E-state index in [1.807, 2.05) is 27.7 Å². The fourth-order valence-electron chi connectivity index (χ4n) is 4.07. The Hall–Kier alpha value is -1.96. The lowest BCUT2D eigenvalue weighted by Crippen LogP contribution is -2.45. The van der Waals surface area contributed by atoms with E-state index in [-0.39, 0.29) is 47.4 Å². The van der Waals surface area contributed by atoms with Crippen LogP contribution in [0.25, 0.3) is 0 Å². The topological polar surface area (TPSA) is 133 Å². The van der Waals surface area contributed by atoms with Gasteiger partial charge in [-0.2, -0.15) is 0 Å². The maximum Gasteiger partial charge on any atom is 0.306 e. The summed E-state index contributed by atoms with van der Waals surface area (Å²) in [5, 5.41) is 24.7. The molecule has 0 aromatic heterocycles. The Kier molecular flexibility index (Phi) is 13.4. The second-order valence-electron chi connectivity index (χ2n) is 9.80. The van der Waals surface area contributed by atoms with Crippen molar-refractivity contribution < 1.29 is 29.4 Å². The van der Waals surface area contributed by atoms with Gasteiger partial charge in [-0.05, 0) is 51.5 Å². The first kappa shape index (κ1) is 30.0. The molecule has 0 fully saturated rings. The fourth-order valence-corrected chi connectivity index (χ4v) is 4.07. The summed E-state index contributed by atoms with van der Waals surface area (Å²) in [6, 6.07) is -0.380. The van der Waals surface area contributed by atoms with Crippen molar-refractivity contribution in [3.05, 3.63) is 0 Å². The lowest BCUT2D eigenvalue weighted by atomic mass is 9.84. The third-order valence-corrected chi connectivity index (χ3v) is 6.72. The van der Waals surface area contributed by atoms with Crippen LogP contribution in [0.15, 0.2) is 0 Å². The van der Waals surface area contributed by atoms with Crippen molar-refractivity contribution in [2.45, 2.75) is 86.2 Å². The molecule has 32 heavy (non-hydrogen) atoms. The summed E-state index contributed by atoms with van der Waals surface area (Å²) in [6.45, 7) is 12.5. The van der Waals surface area contributed by atoms with Crippen LogP contribution in [0.1, 0.15) is 74.1 Å². The van der Waals surface area contributed by atoms with Crippen molar-refractivity contribution in [3.8, 4) is 0 Å². The van der Waals surface area contributed by atoms with Gasteiger partial charge in [0, 0.05) is 23.9 Å². The Morgan fingerprint density at radius 2 is 1.06 bits per heavy atom. The molecule has 186 valence electrons. The van der Waals surface area contributed by atoms with Crippen molar-refractivity contribution in [2.24, 2.45) is 35.5 Å².